The minimum absolute atomic E-state index is 0.0191. The maximum atomic E-state index is 12.1. The number of aryl methyl sites for hydroxylation is 1. The summed E-state index contributed by atoms with van der Waals surface area (Å²) in [7, 11) is 0. The molecule has 0 aliphatic carbocycles. The lowest BCUT2D eigenvalue weighted by molar-refractivity contribution is -0.119. The molecule has 0 bridgehead atoms. The molecule has 0 aromatic heterocycles. The van der Waals surface area contributed by atoms with Gasteiger partial charge in [0.25, 0.3) is 0 Å². The number of amides is 1. The third-order valence-electron chi connectivity index (χ3n) is 3.24. The van der Waals surface area contributed by atoms with E-state index in [2.05, 4.69) is 16.7 Å². The van der Waals surface area contributed by atoms with Gasteiger partial charge in [0, 0.05) is 5.69 Å². The molecule has 1 unspecified atom stereocenters. The van der Waals surface area contributed by atoms with Crippen LogP contribution < -0.4 is 10.6 Å². The van der Waals surface area contributed by atoms with Gasteiger partial charge in [-0.25, -0.2) is 4.79 Å². The van der Waals surface area contributed by atoms with Crippen molar-refractivity contribution in [1.82, 2.24) is 5.32 Å². The van der Waals surface area contributed by atoms with Gasteiger partial charge in [0.2, 0.25) is 0 Å². The molecule has 2 N–H and O–H groups in total. The number of para-hydroxylation sites is 1. The highest BCUT2D eigenvalue weighted by Crippen LogP contribution is 2.24. The lowest BCUT2D eigenvalue weighted by Crippen LogP contribution is -2.42. The third-order valence-corrected chi connectivity index (χ3v) is 3.24. The lowest BCUT2D eigenvalue weighted by atomic mass is 9.96. The maximum absolute atomic E-state index is 12.1. The second-order valence-corrected chi connectivity index (χ2v) is 6.21. The Balaban J connectivity index is 1.84. The van der Waals surface area contributed by atoms with Crippen LogP contribution in [0, 0.1) is 0 Å². The fourth-order valence-electron chi connectivity index (χ4n) is 2.28. The van der Waals surface area contributed by atoms with Crippen LogP contribution in [0.3, 0.4) is 0 Å². The summed E-state index contributed by atoms with van der Waals surface area (Å²) in [6.07, 6.45) is 1.05. The number of hydrogen-bond donors (Lipinski definition) is 2. The highest BCUT2D eigenvalue weighted by Gasteiger charge is 2.24. The van der Waals surface area contributed by atoms with Crippen LogP contribution in [-0.4, -0.2) is 30.1 Å². The van der Waals surface area contributed by atoms with Crippen LogP contribution in [0.4, 0.5) is 10.5 Å². The SMILES string of the molecule is CC(C)(C)OC(=O)NCC(=O)C1CCc2ccccc2N1. The summed E-state index contributed by atoms with van der Waals surface area (Å²) in [6, 6.07) is 7.71. The van der Waals surface area contributed by atoms with Crippen molar-refractivity contribution in [2.45, 2.75) is 45.3 Å². The molecule has 0 radical (unpaired) electrons. The second-order valence-electron chi connectivity index (χ2n) is 6.21. The van der Waals surface area contributed by atoms with Crippen LogP contribution in [0.2, 0.25) is 0 Å². The molecular formula is C16H22N2O3. The molecule has 1 atom stereocenters. The first kappa shape index (κ1) is 15.4. The Bertz CT molecular complexity index is 535. The van der Waals surface area contributed by atoms with E-state index in [1.807, 2.05) is 18.2 Å². The number of carbonyl (C=O) groups excluding carboxylic acids is 2. The van der Waals surface area contributed by atoms with Crippen molar-refractivity contribution in [3.8, 4) is 0 Å². The van der Waals surface area contributed by atoms with Crippen molar-refractivity contribution in [3.63, 3.8) is 0 Å². The van der Waals surface area contributed by atoms with Crippen LogP contribution >= 0.6 is 0 Å². The predicted molar refractivity (Wildman–Crippen MR) is 81.4 cm³/mol. The van der Waals surface area contributed by atoms with Gasteiger partial charge in [0.05, 0.1) is 12.6 Å². The van der Waals surface area contributed by atoms with E-state index in [0.29, 0.717) is 0 Å². The van der Waals surface area contributed by atoms with Crippen molar-refractivity contribution >= 4 is 17.6 Å². The van der Waals surface area contributed by atoms with Gasteiger partial charge in [-0.05, 0) is 45.2 Å². The number of hydrogen-bond acceptors (Lipinski definition) is 4. The second kappa shape index (κ2) is 6.16. The highest BCUT2D eigenvalue weighted by atomic mass is 16.6. The average molecular weight is 290 g/mol. The van der Waals surface area contributed by atoms with E-state index in [1.165, 1.54) is 5.56 Å². The van der Waals surface area contributed by atoms with E-state index in [-0.39, 0.29) is 18.4 Å². The average Bonchev–Trinajstić information content (AvgIpc) is 2.42. The Hall–Kier alpha value is -2.04. The van der Waals surface area contributed by atoms with Crippen molar-refractivity contribution in [2.24, 2.45) is 0 Å². The predicted octanol–water partition coefficient (Wildman–Crippen LogP) is 2.51. The van der Waals surface area contributed by atoms with Gasteiger partial charge in [-0.3, -0.25) is 4.79 Å². The largest absolute Gasteiger partial charge is 0.444 e. The van der Waals surface area contributed by atoms with E-state index in [0.717, 1.165) is 18.5 Å². The van der Waals surface area contributed by atoms with Gasteiger partial charge >= 0.3 is 6.09 Å². The number of fused-ring (bicyclic) bond motifs is 1. The Morgan fingerprint density at radius 3 is 2.76 bits per heavy atom. The normalized spacial score (nSPS) is 17.4. The van der Waals surface area contributed by atoms with Gasteiger partial charge in [-0.2, -0.15) is 0 Å². The molecule has 1 aromatic rings. The van der Waals surface area contributed by atoms with E-state index < -0.39 is 11.7 Å². The summed E-state index contributed by atoms with van der Waals surface area (Å²) >= 11 is 0. The smallest absolute Gasteiger partial charge is 0.408 e. The molecule has 0 saturated heterocycles. The van der Waals surface area contributed by atoms with Crippen molar-refractivity contribution in [1.29, 1.82) is 0 Å². The molecule has 21 heavy (non-hydrogen) atoms. The Labute approximate surface area is 125 Å². The minimum atomic E-state index is -0.563. The van der Waals surface area contributed by atoms with E-state index in [4.69, 9.17) is 4.74 Å². The Kier molecular flexibility index (Phi) is 4.50. The van der Waals surface area contributed by atoms with Crippen LogP contribution in [0.25, 0.3) is 0 Å². The number of ketones is 1. The molecule has 5 heteroatoms. The summed E-state index contributed by atoms with van der Waals surface area (Å²) in [6.45, 7) is 5.34. The molecule has 1 heterocycles. The lowest BCUT2D eigenvalue weighted by Gasteiger charge is -2.26. The van der Waals surface area contributed by atoms with Gasteiger partial charge in [0.15, 0.2) is 5.78 Å². The van der Waals surface area contributed by atoms with Crippen LogP contribution in [0.5, 0.6) is 0 Å². The highest BCUT2D eigenvalue weighted by molar-refractivity contribution is 5.91. The number of Topliss-reactive ketones (excluding diaryl/α,β-unsaturated/α-hetero) is 1. The number of ether oxygens (including phenoxy) is 1. The molecule has 0 saturated carbocycles. The number of carbonyl (C=O) groups is 2. The number of nitrogens with one attached hydrogen (secondary N) is 2. The van der Waals surface area contributed by atoms with E-state index in [9.17, 15) is 9.59 Å². The van der Waals surface area contributed by atoms with Crippen molar-refractivity contribution < 1.29 is 14.3 Å². The van der Waals surface area contributed by atoms with Gasteiger partial charge in [0.1, 0.15) is 5.60 Å². The van der Waals surface area contributed by atoms with Crippen molar-refractivity contribution in [2.75, 3.05) is 11.9 Å². The summed E-state index contributed by atoms with van der Waals surface area (Å²) in [4.78, 5) is 23.7. The summed E-state index contributed by atoms with van der Waals surface area (Å²) < 4.78 is 5.11. The molecule has 1 aliphatic rings. The molecule has 0 fully saturated rings. The van der Waals surface area contributed by atoms with Crippen LogP contribution in [0.15, 0.2) is 24.3 Å². The number of benzene rings is 1. The summed E-state index contributed by atoms with van der Waals surface area (Å²) in [5.74, 6) is -0.0321. The number of anilines is 1. The fourth-order valence-corrected chi connectivity index (χ4v) is 2.28. The first-order valence-electron chi connectivity index (χ1n) is 7.19. The van der Waals surface area contributed by atoms with Gasteiger partial charge in [-0.1, -0.05) is 18.2 Å². The molecular weight excluding hydrogens is 268 g/mol. The maximum Gasteiger partial charge on any atom is 0.408 e. The summed E-state index contributed by atoms with van der Waals surface area (Å²) in [5, 5.41) is 5.74. The third kappa shape index (κ3) is 4.48. The molecule has 1 aliphatic heterocycles. The minimum Gasteiger partial charge on any atom is -0.444 e. The Morgan fingerprint density at radius 1 is 1.33 bits per heavy atom. The Morgan fingerprint density at radius 2 is 2.05 bits per heavy atom. The topological polar surface area (TPSA) is 67.4 Å². The quantitative estimate of drug-likeness (QED) is 0.897. The first-order valence-corrected chi connectivity index (χ1v) is 7.19. The number of rotatable bonds is 3. The van der Waals surface area contributed by atoms with Crippen molar-refractivity contribution in [3.05, 3.63) is 29.8 Å². The first-order chi connectivity index (χ1) is 9.85. The fraction of sp³-hybridized carbons (Fsp3) is 0.500. The zero-order valence-electron chi connectivity index (χ0n) is 12.7. The van der Waals surface area contributed by atoms with Gasteiger partial charge < -0.3 is 15.4 Å². The molecule has 1 amide bonds. The van der Waals surface area contributed by atoms with Crippen LogP contribution in [-0.2, 0) is 16.0 Å². The molecule has 0 spiro atoms. The molecule has 2 rings (SSSR count). The van der Waals surface area contributed by atoms with Gasteiger partial charge in [-0.15, -0.1) is 0 Å². The summed E-state index contributed by atoms with van der Waals surface area (Å²) in [5.41, 5.74) is 1.66. The van der Waals surface area contributed by atoms with Crippen LogP contribution in [0.1, 0.15) is 32.8 Å². The molecule has 1 aromatic carbocycles. The molecule has 114 valence electrons. The zero-order valence-corrected chi connectivity index (χ0v) is 12.7. The van der Waals surface area contributed by atoms with E-state index in [1.54, 1.807) is 20.8 Å². The zero-order chi connectivity index (χ0) is 15.5. The van der Waals surface area contributed by atoms with E-state index >= 15 is 0 Å². The molecule has 5 nitrogen and oxygen atoms in total. The number of alkyl carbamates (subject to hydrolysis) is 1. The monoisotopic (exact) mass is 290 g/mol. The standard InChI is InChI=1S/C16H22N2O3/c1-16(2,3)21-15(20)17-10-14(19)13-9-8-11-6-4-5-7-12(11)18-13/h4-7,13,18H,8-10H2,1-3H3,(H,17,20).